The highest BCUT2D eigenvalue weighted by molar-refractivity contribution is 5.59. The first-order valence-corrected chi connectivity index (χ1v) is 6.21. The largest absolute Gasteiger partial charge is 0.504 e. The van der Waals surface area contributed by atoms with Gasteiger partial charge in [-0.2, -0.15) is 4.98 Å². The molecule has 4 N–H and O–H groups in total. The molecule has 1 aromatic heterocycles. The highest BCUT2D eigenvalue weighted by atomic mass is 16.5. The number of benzene rings is 1. The van der Waals surface area contributed by atoms with E-state index in [4.69, 9.17) is 10.3 Å². The van der Waals surface area contributed by atoms with Gasteiger partial charge in [-0.15, -0.1) is 0 Å². The Bertz CT molecular complexity index is 554. The molecule has 0 bridgehead atoms. The first kappa shape index (κ1) is 13.4. The van der Waals surface area contributed by atoms with Crippen LogP contribution in [0, 0.1) is 0 Å². The molecule has 0 spiro atoms. The summed E-state index contributed by atoms with van der Waals surface area (Å²) in [5.74, 6) is 0.537. The zero-order chi connectivity index (χ0) is 13.8. The summed E-state index contributed by atoms with van der Waals surface area (Å²) in [6.07, 6.45) is 1.87. The van der Waals surface area contributed by atoms with E-state index in [0.29, 0.717) is 23.8 Å². The lowest BCUT2D eigenvalue weighted by molar-refractivity contribution is 0.347. The van der Waals surface area contributed by atoms with Crippen LogP contribution in [0.25, 0.3) is 11.4 Å². The van der Waals surface area contributed by atoms with Crippen molar-refractivity contribution in [1.82, 2.24) is 10.1 Å². The van der Waals surface area contributed by atoms with E-state index >= 15 is 0 Å². The predicted molar refractivity (Wildman–Crippen MR) is 69.8 cm³/mol. The Morgan fingerprint density at radius 3 is 2.74 bits per heavy atom. The van der Waals surface area contributed by atoms with Crippen LogP contribution in [0.15, 0.2) is 22.7 Å². The molecule has 0 saturated carbocycles. The van der Waals surface area contributed by atoms with Gasteiger partial charge in [0.05, 0.1) is 5.92 Å². The van der Waals surface area contributed by atoms with Gasteiger partial charge in [0, 0.05) is 12.1 Å². The van der Waals surface area contributed by atoms with Crippen molar-refractivity contribution < 1.29 is 14.7 Å². The minimum absolute atomic E-state index is 0.0527. The van der Waals surface area contributed by atoms with E-state index < -0.39 is 0 Å². The first-order valence-electron chi connectivity index (χ1n) is 6.21. The molecule has 102 valence electrons. The Labute approximate surface area is 110 Å². The van der Waals surface area contributed by atoms with Crippen molar-refractivity contribution in [3.8, 4) is 22.9 Å². The highest BCUT2D eigenvalue weighted by Crippen LogP contribution is 2.30. The van der Waals surface area contributed by atoms with Crippen molar-refractivity contribution in [2.75, 3.05) is 6.54 Å². The fourth-order valence-electron chi connectivity index (χ4n) is 1.87. The Hall–Kier alpha value is -2.08. The smallest absolute Gasteiger partial charge is 0.231 e. The minimum atomic E-state index is -0.215. The number of aromatic nitrogens is 2. The predicted octanol–water partition coefficient (Wildman–Crippen LogP) is 1.99. The standard InChI is InChI=1S/C13H17N3O3/c1-2-3-9(7-14)13-15-12(16-19-13)8-4-5-10(17)11(18)6-8/h4-6,9,17-18H,2-3,7,14H2,1H3. The van der Waals surface area contributed by atoms with Gasteiger partial charge in [-0.3, -0.25) is 0 Å². The first-order chi connectivity index (χ1) is 9.15. The molecule has 6 nitrogen and oxygen atoms in total. The van der Waals surface area contributed by atoms with Crippen LogP contribution in [0.5, 0.6) is 11.5 Å². The second kappa shape index (κ2) is 5.71. The minimum Gasteiger partial charge on any atom is -0.504 e. The summed E-state index contributed by atoms with van der Waals surface area (Å²) < 4.78 is 5.21. The zero-order valence-corrected chi connectivity index (χ0v) is 10.7. The topological polar surface area (TPSA) is 105 Å². The second-order valence-corrected chi connectivity index (χ2v) is 4.38. The lowest BCUT2D eigenvalue weighted by atomic mass is 10.0. The van der Waals surface area contributed by atoms with Crippen LogP contribution in [-0.2, 0) is 0 Å². The van der Waals surface area contributed by atoms with Crippen LogP contribution >= 0.6 is 0 Å². The van der Waals surface area contributed by atoms with E-state index in [0.717, 1.165) is 12.8 Å². The molecular formula is C13H17N3O3. The molecule has 19 heavy (non-hydrogen) atoms. The Balaban J connectivity index is 2.27. The number of nitrogens with two attached hydrogens (primary N) is 1. The Morgan fingerprint density at radius 1 is 1.32 bits per heavy atom. The molecular weight excluding hydrogens is 246 g/mol. The van der Waals surface area contributed by atoms with Gasteiger partial charge in [0.2, 0.25) is 11.7 Å². The van der Waals surface area contributed by atoms with Gasteiger partial charge in [-0.05, 0) is 24.6 Å². The number of aromatic hydroxyl groups is 2. The average Bonchev–Trinajstić information content (AvgIpc) is 2.88. The molecule has 1 aromatic carbocycles. The third-order valence-electron chi connectivity index (χ3n) is 2.95. The van der Waals surface area contributed by atoms with Crippen LogP contribution in [-0.4, -0.2) is 26.9 Å². The molecule has 0 amide bonds. The highest BCUT2D eigenvalue weighted by Gasteiger charge is 2.18. The van der Waals surface area contributed by atoms with Crippen LogP contribution in [0.1, 0.15) is 31.6 Å². The number of hydrogen-bond donors (Lipinski definition) is 3. The molecule has 6 heteroatoms. The summed E-state index contributed by atoms with van der Waals surface area (Å²) in [7, 11) is 0. The van der Waals surface area contributed by atoms with Gasteiger partial charge >= 0.3 is 0 Å². The summed E-state index contributed by atoms with van der Waals surface area (Å²) >= 11 is 0. The number of rotatable bonds is 5. The number of phenols is 2. The zero-order valence-electron chi connectivity index (χ0n) is 10.7. The summed E-state index contributed by atoms with van der Waals surface area (Å²) in [5.41, 5.74) is 6.26. The lowest BCUT2D eigenvalue weighted by Crippen LogP contribution is -2.12. The molecule has 0 fully saturated rings. The van der Waals surface area contributed by atoms with Crippen molar-refractivity contribution in [1.29, 1.82) is 0 Å². The molecule has 0 aliphatic heterocycles. The van der Waals surface area contributed by atoms with Crippen molar-refractivity contribution in [3.05, 3.63) is 24.1 Å². The van der Waals surface area contributed by atoms with E-state index in [-0.39, 0.29) is 17.4 Å². The van der Waals surface area contributed by atoms with Crippen molar-refractivity contribution in [3.63, 3.8) is 0 Å². The lowest BCUT2D eigenvalue weighted by Gasteiger charge is -2.06. The summed E-state index contributed by atoms with van der Waals surface area (Å²) in [4.78, 5) is 4.29. The third-order valence-corrected chi connectivity index (χ3v) is 2.95. The van der Waals surface area contributed by atoms with Crippen molar-refractivity contribution >= 4 is 0 Å². The maximum absolute atomic E-state index is 9.45. The number of phenolic OH excluding ortho intramolecular Hbond substituents is 2. The number of nitrogens with zero attached hydrogens (tertiary/aromatic N) is 2. The van der Waals surface area contributed by atoms with Gasteiger partial charge in [0.1, 0.15) is 0 Å². The van der Waals surface area contributed by atoms with E-state index in [2.05, 4.69) is 17.1 Å². The summed E-state index contributed by atoms with van der Waals surface area (Å²) in [5, 5.41) is 22.6. The fraction of sp³-hybridized carbons (Fsp3) is 0.385. The monoisotopic (exact) mass is 263 g/mol. The average molecular weight is 263 g/mol. The fourth-order valence-corrected chi connectivity index (χ4v) is 1.87. The van der Waals surface area contributed by atoms with E-state index in [1.165, 1.54) is 12.1 Å². The number of hydrogen-bond acceptors (Lipinski definition) is 6. The maximum Gasteiger partial charge on any atom is 0.231 e. The van der Waals surface area contributed by atoms with E-state index in [1.54, 1.807) is 6.07 Å². The molecule has 1 atom stereocenters. The van der Waals surface area contributed by atoms with Gasteiger partial charge in [-0.1, -0.05) is 18.5 Å². The molecule has 1 heterocycles. The van der Waals surface area contributed by atoms with E-state index in [1.807, 2.05) is 0 Å². The molecule has 2 aromatic rings. The Morgan fingerprint density at radius 2 is 2.11 bits per heavy atom. The van der Waals surface area contributed by atoms with Crippen LogP contribution in [0.4, 0.5) is 0 Å². The molecule has 2 rings (SSSR count). The van der Waals surface area contributed by atoms with Gasteiger partial charge in [0.15, 0.2) is 11.5 Å². The van der Waals surface area contributed by atoms with Crippen molar-refractivity contribution in [2.24, 2.45) is 5.73 Å². The Kier molecular flexibility index (Phi) is 4.01. The SMILES string of the molecule is CCCC(CN)c1nc(-c2ccc(O)c(O)c2)no1. The van der Waals surface area contributed by atoms with E-state index in [9.17, 15) is 10.2 Å². The molecule has 0 aliphatic carbocycles. The maximum atomic E-state index is 9.45. The summed E-state index contributed by atoms with van der Waals surface area (Å²) in [6, 6.07) is 4.38. The van der Waals surface area contributed by atoms with Crippen LogP contribution < -0.4 is 5.73 Å². The third kappa shape index (κ3) is 2.85. The second-order valence-electron chi connectivity index (χ2n) is 4.38. The van der Waals surface area contributed by atoms with Gasteiger partial charge in [-0.25, -0.2) is 0 Å². The van der Waals surface area contributed by atoms with Gasteiger partial charge < -0.3 is 20.5 Å². The normalized spacial score (nSPS) is 12.5. The van der Waals surface area contributed by atoms with Crippen LogP contribution in [0.3, 0.4) is 0 Å². The summed E-state index contributed by atoms with van der Waals surface area (Å²) in [6.45, 7) is 2.52. The molecule has 0 saturated heterocycles. The van der Waals surface area contributed by atoms with Crippen LogP contribution in [0.2, 0.25) is 0 Å². The molecule has 1 unspecified atom stereocenters. The molecule has 0 aliphatic rings. The molecule has 0 radical (unpaired) electrons. The van der Waals surface area contributed by atoms with Crippen molar-refractivity contribution in [2.45, 2.75) is 25.7 Å². The quantitative estimate of drug-likeness (QED) is 0.712. The van der Waals surface area contributed by atoms with Gasteiger partial charge in [0.25, 0.3) is 0 Å².